The normalized spacial score (nSPS) is 11.0. The van der Waals surface area contributed by atoms with Gasteiger partial charge >= 0.3 is 0 Å². The lowest BCUT2D eigenvalue weighted by Crippen LogP contribution is -2.04. The molecule has 1 N–H and O–H groups in total. The molecule has 0 aliphatic heterocycles. The molecule has 0 fully saturated rings. The molecule has 0 atom stereocenters. The zero-order chi connectivity index (χ0) is 13.4. The van der Waals surface area contributed by atoms with E-state index in [0.717, 1.165) is 34.4 Å². The van der Waals surface area contributed by atoms with Crippen LogP contribution in [0.25, 0.3) is 10.9 Å². The Morgan fingerprint density at radius 2 is 2.06 bits per heavy atom. The summed E-state index contributed by atoms with van der Waals surface area (Å²) in [4.78, 5) is 4.56. The first-order valence-electron chi connectivity index (χ1n) is 5.96. The summed E-state index contributed by atoms with van der Waals surface area (Å²) >= 11 is 3.26. The molecule has 0 spiro atoms. The quantitative estimate of drug-likeness (QED) is 0.891. The molecule has 1 aromatic carbocycles. The second-order valence-electron chi connectivity index (χ2n) is 4.37. The number of hydrogen-bond acceptors (Lipinski definition) is 2. The zero-order valence-corrected chi connectivity index (χ0v) is 12.6. The number of nitrogens with zero attached hydrogens (tertiary/aromatic N) is 1. The number of rotatable bonds is 2. The molecule has 0 saturated carbocycles. The predicted octanol–water partition coefficient (Wildman–Crippen LogP) is 4.36. The van der Waals surface area contributed by atoms with Crippen molar-refractivity contribution in [3.63, 3.8) is 0 Å². The molecule has 0 bridgehead atoms. The molecule has 0 aliphatic carbocycles. The maximum Gasteiger partial charge on any atom is 0.148 e. The van der Waals surface area contributed by atoms with E-state index < -0.39 is 0 Å². The lowest BCUT2D eigenvalue weighted by molar-refractivity contribution is 0.632. The zero-order valence-electron chi connectivity index (χ0n) is 11.0. The number of benzene rings is 1. The van der Waals surface area contributed by atoms with Crippen LogP contribution in [-0.2, 0) is 6.42 Å². The number of aromatic nitrogens is 1. The molecule has 0 aliphatic rings. The third-order valence-electron chi connectivity index (χ3n) is 3.25. The van der Waals surface area contributed by atoms with Crippen LogP contribution in [0, 0.1) is 19.7 Å². The summed E-state index contributed by atoms with van der Waals surface area (Å²) in [6.07, 6.45) is 0.829. The minimum absolute atomic E-state index is 0.248. The second-order valence-corrected chi connectivity index (χ2v) is 5.22. The maximum atomic E-state index is 14.3. The predicted molar refractivity (Wildman–Crippen MR) is 77.8 cm³/mol. The Morgan fingerprint density at radius 1 is 1.39 bits per heavy atom. The van der Waals surface area contributed by atoms with Crippen molar-refractivity contribution in [2.75, 3.05) is 12.4 Å². The molecule has 1 aromatic heterocycles. The number of fused-ring (bicyclic) bond motifs is 1. The van der Waals surface area contributed by atoms with Gasteiger partial charge in [-0.3, -0.25) is 4.98 Å². The summed E-state index contributed by atoms with van der Waals surface area (Å²) in [7, 11) is 1.82. The van der Waals surface area contributed by atoms with Crippen LogP contribution in [0.5, 0.6) is 0 Å². The highest BCUT2D eigenvalue weighted by molar-refractivity contribution is 9.10. The van der Waals surface area contributed by atoms with Crippen molar-refractivity contribution in [3.05, 3.63) is 33.2 Å². The smallest absolute Gasteiger partial charge is 0.148 e. The third kappa shape index (κ3) is 1.88. The summed E-state index contributed by atoms with van der Waals surface area (Å²) in [5.41, 5.74) is 4.58. The van der Waals surface area contributed by atoms with Crippen molar-refractivity contribution in [1.82, 2.24) is 4.98 Å². The Kier molecular flexibility index (Phi) is 3.57. The fourth-order valence-electron chi connectivity index (χ4n) is 2.39. The molecular formula is C14H16BrFN2. The number of nitrogens with one attached hydrogen (secondary N) is 1. The van der Waals surface area contributed by atoms with Gasteiger partial charge in [0.2, 0.25) is 0 Å². The molecule has 0 unspecified atom stereocenters. The number of aryl methyl sites for hydroxylation is 2. The van der Waals surface area contributed by atoms with E-state index in [4.69, 9.17) is 0 Å². The average Bonchev–Trinajstić information content (AvgIpc) is 2.34. The standard InChI is InChI=1S/C14H16BrFN2/c1-5-9-8(3)18-13-7(2)6-10(15)12(16)11(13)14(9)17-4/h6H,5H2,1-4H3,(H,17,18). The van der Waals surface area contributed by atoms with Crippen LogP contribution in [0.4, 0.5) is 10.1 Å². The van der Waals surface area contributed by atoms with E-state index >= 15 is 0 Å². The fraction of sp³-hybridized carbons (Fsp3) is 0.357. The first-order valence-corrected chi connectivity index (χ1v) is 6.76. The van der Waals surface area contributed by atoms with E-state index in [-0.39, 0.29) is 5.82 Å². The van der Waals surface area contributed by atoms with Gasteiger partial charge in [0, 0.05) is 12.7 Å². The van der Waals surface area contributed by atoms with Gasteiger partial charge in [-0.25, -0.2) is 4.39 Å². The first-order chi connectivity index (χ1) is 8.51. The van der Waals surface area contributed by atoms with E-state index in [0.29, 0.717) is 9.86 Å². The summed E-state index contributed by atoms with van der Waals surface area (Å²) in [6, 6.07) is 1.77. The highest BCUT2D eigenvalue weighted by Gasteiger charge is 2.17. The molecule has 2 aromatic rings. The molecule has 2 nitrogen and oxygen atoms in total. The third-order valence-corrected chi connectivity index (χ3v) is 3.83. The van der Waals surface area contributed by atoms with Crippen LogP contribution in [0.3, 0.4) is 0 Å². The van der Waals surface area contributed by atoms with Crippen LogP contribution in [0.15, 0.2) is 10.5 Å². The summed E-state index contributed by atoms with van der Waals surface area (Å²) < 4.78 is 14.8. The van der Waals surface area contributed by atoms with E-state index in [1.54, 1.807) is 6.07 Å². The van der Waals surface area contributed by atoms with Gasteiger partial charge in [-0.15, -0.1) is 0 Å². The largest absolute Gasteiger partial charge is 0.387 e. The van der Waals surface area contributed by atoms with Crippen LogP contribution in [0.2, 0.25) is 0 Å². The molecule has 96 valence electrons. The van der Waals surface area contributed by atoms with Gasteiger partial charge in [-0.05, 0) is 53.4 Å². The van der Waals surface area contributed by atoms with Crippen LogP contribution >= 0.6 is 15.9 Å². The van der Waals surface area contributed by atoms with Gasteiger partial charge in [-0.2, -0.15) is 0 Å². The molecule has 0 saturated heterocycles. The lowest BCUT2D eigenvalue weighted by atomic mass is 10.0. The second kappa shape index (κ2) is 4.84. The average molecular weight is 311 g/mol. The number of pyridine rings is 1. The summed E-state index contributed by atoms with van der Waals surface area (Å²) in [5.74, 6) is -0.248. The van der Waals surface area contributed by atoms with Crippen molar-refractivity contribution in [1.29, 1.82) is 0 Å². The molecule has 0 radical (unpaired) electrons. The molecule has 0 amide bonds. The van der Waals surface area contributed by atoms with Crippen molar-refractivity contribution in [3.8, 4) is 0 Å². The molecular weight excluding hydrogens is 295 g/mol. The Hall–Kier alpha value is -1.16. The number of anilines is 1. The minimum atomic E-state index is -0.248. The van der Waals surface area contributed by atoms with Gasteiger partial charge < -0.3 is 5.32 Å². The SMILES string of the molecule is CCc1c(C)nc2c(C)cc(Br)c(F)c2c1NC. The van der Waals surface area contributed by atoms with Gasteiger partial charge in [0.15, 0.2) is 0 Å². The van der Waals surface area contributed by atoms with Crippen molar-refractivity contribution in [2.24, 2.45) is 0 Å². The summed E-state index contributed by atoms with van der Waals surface area (Å²) in [6.45, 7) is 5.97. The van der Waals surface area contributed by atoms with E-state index in [1.807, 2.05) is 20.9 Å². The Morgan fingerprint density at radius 3 is 2.61 bits per heavy atom. The van der Waals surface area contributed by atoms with Crippen molar-refractivity contribution < 1.29 is 4.39 Å². The van der Waals surface area contributed by atoms with Gasteiger partial charge in [0.1, 0.15) is 5.82 Å². The highest BCUT2D eigenvalue weighted by Crippen LogP contribution is 2.35. The maximum absolute atomic E-state index is 14.3. The molecule has 18 heavy (non-hydrogen) atoms. The van der Waals surface area contributed by atoms with E-state index in [1.165, 1.54) is 0 Å². The van der Waals surface area contributed by atoms with Gasteiger partial charge in [0.05, 0.1) is 21.1 Å². The fourth-order valence-corrected chi connectivity index (χ4v) is 2.93. The van der Waals surface area contributed by atoms with Crippen molar-refractivity contribution >= 4 is 32.5 Å². The van der Waals surface area contributed by atoms with E-state index in [2.05, 4.69) is 33.2 Å². The minimum Gasteiger partial charge on any atom is -0.387 e. The topological polar surface area (TPSA) is 24.9 Å². The number of halogens is 2. The van der Waals surface area contributed by atoms with Crippen LogP contribution in [-0.4, -0.2) is 12.0 Å². The Balaban J connectivity index is 3.03. The van der Waals surface area contributed by atoms with Crippen LogP contribution in [0.1, 0.15) is 23.7 Å². The Bertz CT molecular complexity index is 623. The molecule has 1 heterocycles. The monoisotopic (exact) mass is 310 g/mol. The molecule has 4 heteroatoms. The van der Waals surface area contributed by atoms with E-state index in [9.17, 15) is 4.39 Å². The summed E-state index contributed by atoms with van der Waals surface area (Å²) in [5, 5.41) is 3.70. The first kappa shape index (κ1) is 13.3. The number of hydrogen-bond donors (Lipinski definition) is 1. The lowest BCUT2D eigenvalue weighted by Gasteiger charge is -2.16. The van der Waals surface area contributed by atoms with Crippen molar-refractivity contribution in [2.45, 2.75) is 27.2 Å². The Labute approximate surface area is 115 Å². The highest BCUT2D eigenvalue weighted by atomic mass is 79.9. The molecule has 2 rings (SSSR count). The van der Waals surface area contributed by atoms with Gasteiger partial charge in [0.25, 0.3) is 0 Å². The van der Waals surface area contributed by atoms with Crippen LogP contribution < -0.4 is 5.32 Å². The van der Waals surface area contributed by atoms with Gasteiger partial charge in [-0.1, -0.05) is 6.92 Å².